The fraction of sp³-hybridized carbons (Fsp3) is 0.571. The van der Waals surface area contributed by atoms with Gasteiger partial charge in [-0.05, 0) is 31.8 Å². The number of ether oxygens (including phenoxy) is 2. The maximum atomic E-state index is 13.5. The van der Waals surface area contributed by atoms with Crippen LogP contribution < -0.4 is 5.32 Å². The Morgan fingerprint density at radius 2 is 2.17 bits per heavy atom. The number of benzene rings is 1. The smallest absolute Gasteiger partial charge is 0.252 e. The van der Waals surface area contributed by atoms with Gasteiger partial charge in [0.15, 0.2) is 5.60 Å². The Morgan fingerprint density at radius 3 is 2.83 bits per heavy atom. The van der Waals surface area contributed by atoms with E-state index in [0.29, 0.717) is 18.7 Å². The summed E-state index contributed by atoms with van der Waals surface area (Å²) in [5.41, 5.74) is -0.849. The average Bonchev–Trinajstić information content (AvgIpc) is 2.67. The van der Waals surface area contributed by atoms with Gasteiger partial charge in [0, 0.05) is 25.9 Å². The van der Waals surface area contributed by atoms with Gasteiger partial charge < -0.3 is 29.9 Å². The van der Waals surface area contributed by atoms with E-state index in [1.165, 1.54) is 18.2 Å². The highest BCUT2D eigenvalue weighted by Crippen LogP contribution is 2.35. The van der Waals surface area contributed by atoms with E-state index in [0.717, 1.165) is 0 Å². The second-order valence-electron chi connectivity index (χ2n) is 7.60. The summed E-state index contributed by atoms with van der Waals surface area (Å²) in [6, 6.07) is 5.92. The van der Waals surface area contributed by atoms with Crippen LogP contribution in [0.25, 0.3) is 0 Å². The van der Waals surface area contributed by atoms with Crippen molar-refractivity contribution in [3.8, 4) is 0 Å². The van der Waals surface area contributed by atoms with Crippen LogP contribution in [0.5, 0.6) is 0 Å². The third-order valence-corrected chi connectivity index (χ3v) is 4.94. The van der Waals surface area contributed by atoms with Crippen LogP contribution in [0.3, 0.4) is 0 Å². The van der Waals surface area contributed by atoms with Crippen molar-refractivity contribution in [1.82, 2.24) is 10.2 Å². The summed E-state index contributed by atoms with van der Waals surface area (Å²) in [5, 5.41) is 23.5. The van der Waals surface area contributed by atoms with Crippen molar-refractivity contribution >= 4 is 5.91 Å². The zero-order chi connectivity index (χ0) is 21.4. The molecule has 0 saturated heterocycles. The molecule has 1 aliphatic rings. The molecule has 8 heteroatoms. The van der Waals surface area contributed by atoms with Crippen molar-refractivity contribution in [3.05, 3.63) is 48.3 Å². The van der Waals surface area contributed by atoms with E-state index in [-0.39, 0.29) is 26.1 Å². The highest BCUT2D eigenvalue weighted by Gasteiger charge is 2.51. The fourth-order valence-electron chi connectivity index (χ4n) is 3.36. The predicted octanol–water partition coefficient (Wildman–Crippen LogP) is 0.846. The number of carbonyl (C=O) groups is 1. The Labute approximate surface area is 171 Å². The normalized spacial score (nSPS) is 27.0. The van der Waals surface area contributed by atoms with Gasteiger partial charge in [-0.15, -0.1) is 6.58 Å². The second-order valence-corrected chi connectivity index (χ2v) is 7.60. The first-order valence-corrected chi connectivity index (χ1v) is 9.67. The molecule has 0 aliphatic heterocycles. The zero-order valence-corrected chi connectivity index (χ0v) is 17.0. The Bertz CT molecular complexity index is 687. The minimum absolute atomic E-state index is 0.0180. The predicted molar refractivity (Wildman–Crippen MR) is 107 cm³/mol. The van der Waals surface area contributed by atoms with Gasteiger partial charge in [-0.25, -0.2) is 4.39 Å². The molecule has 1 aliphatic carbocycles. The van der Waals surface area contributed by atoms with Crippen LogP contribution in [0.15, 0.2) is 36.9 Å². The molecule has 162 valence electrons. The Hall–Kier alpha value is -1.84. The van der Waals surface area contributed by atoms with Crippen molar-refractivity contribution in [3.63, 3.8) is 0 Å². The lowest BCUT2D eigenvalue weighted by Crippen LogP contribution is -2.61. The van der Waals surface area contributed by atoms with E-state index in [1.807, 2.05) is 19.0 Å². The molecule has 0 spiro atoms. The number of aliphatic hydroxyl groups is 2. The first kappa shape index (κ1) is 23.4. The van der Waals surface area contributed by atoms with Gasteiger partial charge >= 0.3 is 0 Å². The molecular formula is C21H31FN2O5. The molecule has 7 nitrogen and oxygen atoms in total. The van der Waals surface area contributed by atoms with Crippen LogP contribution in [0.4, 0.5) is 4.39 Å². The molecule has 0 bridgehead atoms. The maximum Gasteiger partial charge on any atom is 0.252 e. The summed E-state index contributed by atoms with van der Waals surface area (Å²) < 4.78 is 25.1. The van der Waals surface area contributed by atoms with Crippen LogP contribution in [-0.4, -0.2) is 78.7 Å². The van der Waals surface area contributed by atoms with Crippen molar-refractivity contribution in [2.75, 3.05) is 33.8 Å². The van der Waals surface area contributed by atoms with E-state index in [1.54, 1.807) is 12.1 Å². The number of aliphatic hydroxyl groups excluding tert-OH is 2. The van der Waals surface area contributed by atoms with Crippen molar-refractivity contribution in [2.45, 2.75) is 43.4 Å². The lowest BCUT2D eigenvalue weighted by Gasteiger charge is -2.43. The minimum atomic E-state index is -1.41. The van der Waals surface area contributed by atoms with E-state index < -0.39 is 35.6 Å². The topological polar surface area (TPSA) is 91.3 Å². The molecule has 1 fully saturated rings. The Morgan fingerprint density at radius 1 is 1.41 bits per heavy atom. The van der Waals surface area contributed by atoms with E-state index in [9.17, 15) is 19.4 Å². The fourth-order valence-corrected chi connectivity index (χ4v) is 3.36. The number of carbonyl (C=O) groups excluding carboxylic acids is 1. The average molecular weight is 410 g/mol. The number of likely N-dealkylation sites (N-methyl/N-ethyl adjacent to an activating group) is 1. The summed E-state index contributed by atoms with van der Waals surface area (Å²) in [5.74, 6) is -0.796. The van der Waals surface area contributed by atoms with Crippen LogP contribution in [0, 0.1) is 5.82 Å². The molecule has 1 aromatic rings. The molecule has 2 rings (SSSR count). The number of nitrogens with one attached hydrogen (secondary N) is 1. The molecular weight excluding hydrogens is 379 g/mol. The monoisotopic (exact) mass is 410 g/mol. The minimum Gasteiger partial charge on any atom is -0.390 e. The standard InChI is InChI=1S/C21H31FN2O5/c1-4-10-28-18-13-21(12-17(25)19(18)26,20(27)23-8-9-24(2)3)29-14-15-6-5-7-16(22)11-15/h4-7,11,17-19,25-26H,1,8-10,12-14H2,2-3H3,(H,23,27)/t17-,18+,19-,21+/m1/s1. The van der Waals surface area contributed by atoms with E-state index >= 15 is 0 Å². The lowest BCUT2D eigenvalue weighted by atomic mass is 9.78. The largest absolute Gasteiger partial charge is 0.390 e. The van der Waals surface area contributed by atoms with Crippen molar-refractivity contribution < 1.29 is 28.9 Å². The highest BCUT2D eigenvalue weighted by molar-refractivity contribution is 5.85. The summed E-state index contributed by atoms with van der Waals surface area (Å²) in [4.78, 5) is 15.0. The molecule has 1 amide bonds. The third kappa shape index (κ3) is 6.58. The zero-order valence-electron chi connectivity index (χ0n) is 17.0. The summed E-state index contributed by atoms with van der Waals surface area (Å²) in [7, 11) is 3.78. The number of hydrogen-bond donors (Lipinski definition) is 3. The Balaban J connectivity index is 2.20. The summed E-state index contributed by atoms with van der Waals surface area (Å²) >= 11 is 0. The molecule has 0 heterocycles. The number of hydrogen-bond acceptors (Lipinski definition) is 6. The van der Waals surface area contributed by atoms with E-state index in [2.05, 4.69) is 11.9 Å². The van der Waals surface area contributed by atoms with Gasteiger partial charge in [-0.3, -0.25) is 4.79 Å². The van der Waals surface area contributed by atoms with Gasteiger partial charge in [0.05, 0.1) is 25.4 Å². The van der Waals surface area contributed by atoms with Crippen LogP contribution >= 0.6 is 0 Å². The van der Waals surface area contributed by atoms with Gasteiger partial charge in [0.2, 0.25) is 0 Å². The van der Waals surface area contributed by atoms with Gasteiger partial charge in [0.25, 0.3) is 5.91 Å². The second kappa shape index (κ2) is 10.8. The summed E-state index contributed by atoms with van der Waals surface area (Å²) in [6.07, 6.45) is -1.65. The molecule has 0 aromatic heterocycles. The highest BCUT2D eigenvalue weighted by atomic mass is 19.1. The number of nitrogens with zero attached hydrogens (tertiary/aromatic N) is 1. The maximum absolute atomic E-state index is 13.5. The van der Waals surface area contributed by atoms with Gasteiger partial charge in [-0.1, -0.05) is 18.2 Å². The number of amides is 1. The molecule has 0 radical (unpaired) electrons. The first-order chi connectivity index (χ1) is 13.8. The Kier molecular flexibility index (Phi) is 8.73. The number of halogens is 1. The van der Waals surface area contributed by atoms with Gasteiger partial charge in [-0.2, -0.15) is 0 Å². The first-order valence-electron chi connectivity index (χ1n) is 9.67. The number of rotatable bonds is 10. The molecule has 1 saturated carbocycles. The van der Waals surface area contributed by atoms with Crippen molar-refractivity contribution in [2.24, 2.45) is 0 Å². The van der Waals surface area contributed by atoms with Gasteiger partial charge in [0.1, 0.15) is 11.9 Å². The van der Waals surface area contributed by atoms with Crippen molar-refractivity contribution in [1.29, 1.82) is 0 Å². The molecule has 0 unspecified atom stereocenters. The lowest BCUT2D eigenvalue weighted by molar-refractivity contribution is -0.196. The third-order valence-electron chi connectivity index (χ3n) is 4.94. The SMILES string of the molecule is C=CCO[C@H]1C[C@](OCc2cccc(F)c2)(C(=O)NCCN(C)C)C[C@@H](O)[C@H]1O. The molecule has 29 heavy (non-hydrogen) atoms. The van der Waals surface area contributed by atoms with Crippen LogP contribution in [0.1, 0.15) is 18.4 Å². The van der Waals surface area contributed by atoms with E-state index in [4.69, 9.17) is 9.47 Å². The van der Waals surface area contributed by atoms with Crippen LogP contribution in [-0.2, 0) is 20.9 Å². The quantitative estimate of drug-likeness (QED) is 0.496. The molecule has 4 atom stereocenters. The molecule has 1 aromatic carbocycles. The van der Waals surface area contributed by atoms with Crippen LogP contribution in [0.2, 0.25) is 0 Å². The molecule has 3 N–H and O–H groups in total. The summed E-state index contributed by atoms with van der Waals surface area (Å²) in [6.45, 7) is 4.76.